The molecule has 0 aromatic carbocycles. The fourth-order valence-corrected chi connectivity index (χ4v) is 4.84. The second-order valence-electron chi connectivity index (χ2n) is 13.0. The number of primary amides is 1. The van der Waals surface area contributed by atoms with Gasteiger partial charge in [0.1, 0.15) is 12.1 Å². The topological polar surface area (TPSA) is 291 Å². The molecular weight excluding hydrogens is 784 g/mol. The van der Waals surface area contributed by atoms with Crippen molar-refractivity contribution in [3.05, 3.63) is 12.2 Å². The summed E-state index contributed by atoms with van der Waals surface area (Å²) < 4.78 is 43.5. The van der Waals surface area contributed by atoms with Gasteiger partial charge in [-0.2, -0.15) is 0 Å². The molecule has 22 nitrogen and oxygen atoms in total. The minimum Gasteiger partial charge on any atom is -0.480 e. The smallest absolute Gasteiger partial charge is 0.326 e. The Morgan fingerprint density at radius 1 is 0.610 bits per heavy atom. The molecule has 0 spiro atoms. The standard InChI is InChI=1S/C37H64N6O16/c1-28(2)34(35(48)41-29(36(49)50)4-3-9-40-37(38)51)42-31(45)8-12-52-14-16-54-18-20-56-22-24-58-26-27-59-25-23-57-21-19-55-17-15-53-13-10-39-30(44)7-11-43-32(46)5-6-33(43)47/h5-6,28-29,34H,3-4,7-27H2,1-2H3,(H,39,44)(H,41,48)(H,42,45)(H,49,50)(H3,38,40,51)/t29-,34?/m0/s1. The highest BCUT2D eigenvalue weighted by Crippen LogP contribution is 2.06. The number of imide groups is 1. The zero-order chi connectivity index (χ0) is 43.5. The molecule has 0 aromatic heterocycles. The first-order valence-electron chi connectivity index (χ1n) is 19.7. The van der Waals surface area contributed by atoms with Crippen LogP contribution in [0.1, 0.15) is 39.5 Å². The van der Waals surface area contributed by atoms with Gasteiger partial charge in [0, 0.05) is 44.6 Å². The number of carboxylic acids is 1. The Morgan fingerprint density at radius 3 is 1.47 bits per heavy atom. The minimum absolute atomic E-state index is 0.000641. The molecule has 1 heterocycles. The van der Waals surface area contributed by atoms with Crippen molar-refractivity contribution in [3.8, 4) is 0 Å². The molecule has 59 heavy (non-hydrogen) atoms. The molecule has 0 aliphatic carbocycles. The van der Waals surface area contributed by atoms with Crippen molar-refractivity contribution in [2.45, 2.75) is 51.6 Å². The van der Waals surface area contributed by atoms with Crippen molar-refractivity contribution >= 4 is 41.5 Å². The molecule has 0 aromatic rings. The van der Waals surface area contributed by atoms with Gasteiger partial charge in [0.2, 0.25) is 17.7 Å². The van der Waals surface area contributed by atoms with Gasteiger partial charge in [0.05, 0.1) is 106 Å². The summed E-state index contributed by atoms with van der Waals surface area (Å²) in [5, 5.41) is 19.5. The summed E-state index contributed by atoms with van der Waals surface area (Å²) >= 11 is 0. The Morgan fingerprint density at radius 2 is 1.05 bits per heavy atom. The maximum atomic E-state index is 12.7. The van der Waals surface area contributed by atoms with E-state index < -0.39 is 47.7 Å². The molecule has 22 heteroatoms. The largest absolute Gasteiger partial charge is 0.480 e. The number of hydrogen-bond acceptors (Lipinski definition) is 15. The van der Waals surface area contributed by atoms with E-state index in [0.29, 0.717) is 99.0 Å². The second kappa shape index (κ2) is 34.6. The van der Waals surface area contributed by atoms with Gasteiger partial charge in [0.15, 0.2) is 0 Å². The molecule has 0 bridgehead atoms. The minimum atomic E-state index is -1.23. The Labute approximate surface area is 344 Å². The van der Waals surface area contributed by atoms with Gasteiger partial charge in [0.25, 0.3) is 11.8 Å². The maximum absolute atomic E-state index is 12.7. The first-order valence-corrected chi connectivity index (χ1v) is 19.7. The Kier molecular flexibility index (Phi) is 30.9. The van der Waals surface area contributed by atoms with Crippen LogP contribution >= 0.6 is 0 Å². The predicted molar refractivity (Wildman–Crippen MR) is 208 cm³/mol. The van der Waals surface area contributed by atoms with E-state index >= 15 is 0 Å². The number of urea groups is 1. The quantitative estimate of drug-likeness (QED) is 0.0291. The molecule has 1 unspecified atom stereocenters. The van der Waals surface area contributed by atoms with E-state index in [1.165, 1.54) is 12.2 Å². The Bertz CT molecular complexity index is 1260. The van der Waals surface area contributed by atoms with Gasteiger partial charge in [-0.05, 0) is 18.8 Å². The number of nitrogens with two attached hydrogens (primary N) is 1. The third-order valence-electron chi connectivity index (χ3n) is 7.96. The number of aliphatic carboxylic acids is 1. The summed E-state index contributed by atoms with van der Waals surface area (Å²) in [5.41, 5.74) is 4.99. The molecule has 338 valence electrons. The van der Waals surface area contributed by atoms with Gasteiger partial charge >= 0.3 is 12.0 Å². The van der Waals surface area contributed by atoms with Gasteiger partial charge < -0.3 is 70.0 Å². The zero-order valence-corrected chi connectivity index (χ0v) is 34.2. The van der Waals surface area contributed by atoms with Gasteiger partial charge in [-0.25, -0.2) is 9.59 Å². The summed E-state index contributed by atoms with van der Waals surface area (Å²) in [6.07, 6.45) is 2.75. The number of carbonyl (C=O) groups is 7. The normalized spacial score (nSPS) is 13.4. The lowest BCUT2D eigenvalue weighted by molar-refractivity contribution is -0.142. The van der Waals surface area contributed by atoms with E-state index in [-0.39, 0.29) is 63.8 Å². The van der Waals surface area contributed by atoms with Crippen molar-refractivity contribution in [2.75, 3.05) is 125 Å². The highest BCUT2D eigenvalue weighted by atomic mass is 16.6. The molecule has 7 N–H and O–H groups in total. The van der Waals surface area contributed by atoms with Crippen LogP contribution in [0.15, 0.2) is 12.2 Å². The van der Waals surface area contributed by atoms with Crippen LogP contribution in [-0.2, 0) is 66.7 Å². The summed E-state index contributed by atoms with van der Waals surface area (Å²) in [4.78, 5) is 83.2. The molecule has 0 fully saturated rings. The average molecular weight is 849 g/mol. The van der Waals surface area contributed by atoms with Crippen LogP contribution in [0.4, 0.5) is 4.79 Å². The summed E-state index contributed by atoms with van der Waals surface area (Å²) in [7, 11) is 0. The number of amides is 7. The van der Waals surface area contributed by atoms with Gasteiger partial charge in [-0.1, -0.05) is 13.8 Å². The molecule has 0 radical (unpaired) electrons. The van der Waals surface area contributed by atoms with E-state index in [1.54, 1.807) is 13.8 Å². The van der Waals surface area contributed by atoms with Crippen molar-refractivity contribution in [1.29, 1.82) is 0 Å². The van der Waals surface area contributed by atoms with Crippen LogP contribution in [0, 0.1) is 5.92 Å². The second-order valence-corrected chi connectivity index (χ2v) is 13.0. The number of nitrogens with zero attached hydrogens (tertiary/aromatic N) is 1. The lowest BCUT2D eigenvalue weighted by Crippen LogP contribution is -2.53. The van der Waals surface area contributed by atoms with Crippen molar-refractivity contribution in [3.63, 3.8) is 0 Å². The third kappa shape index (κ3) is 28.7. The lowest BCUT2D eigenvalue weighted by Gasteiger charge is -2.24. The van der Waals surface area contributed by atoms with E-state index in [9.17, 15) is 38.7 Å². The van der Waals surface area contributed by atoms with Crippen LogP contribution in [-0.4, -0.2) is 189 Å². The fourth-order valence-electron chi connectivity index (χ4n) is 4.84. The number of nitrogens with one attached hydrogen (secondary N) is 4. The number of carboxylic acid groups (broad SMARTS) is 1. The summed E-state index contributed by atoms with van der Waals surface area (Å²) in [5.74, 6) is -3.67. The molecule has 7 amide bonds. The molecule has 0 saturated heterocycles. The van der Waals surface area contributed by atoms with Crippen LogP contribution in [0.5, 0.6) is 0 Å². The number of rotatable bonds is 39. The number of carbonyl (C=O) groups excluding carboxylic acids is 6. The maximum Gasteiger partial charge on any atom is 0.326 e. The monoisotopic (exact) mass is 848 g/mol. The molecular formula is C37H64N6O16. The lowest BCUT2D eigenvalue weighted by atomic mass is 10.0. The average Bonchev–Trinajstić information content (AvgIpc) is 3.52. The van der Waals surface area contributed by atoms with Crippen LogP contribution in [0.25, 0.3) is 0 Å². The van der Waals surface area contributed by atoms with E-state index in [1.807, 2.05) is 0 Å². The van der Waals surface area contributed by atoms with E-state index in [0.717, 1.165) is 4.90 Å². The van der Waals surface area contributed by atoms with Crippen LogP contribution in [0.3, 0.4) is 0 Å². The van der Waals surface area contributed by atoms with E-state index in [4.69, 9.17) is 43.6 Å². The van der Waals surface area contributed by atoms with Crippen molar-refractivity contribution in [2.24, 2.45) is 11.7 Å². The molecule has 0 saturated carbocycles. The van der Waals surface area contributed by atoms with Gasteiger partial charge in [-0.15, -0.1) is 0 Å². The SMILES string of the molecule is CC(C)C(NC(=O)CCOCCOCCOCCOCCOCCOCCOCCOCCNC(=O)CCN1C(=O)C=CC1=O)C(=O)N[C@@H](CCCNC(N)=O)C(=O)O. The molecule has 1 aliphatic heterocycles. The van der Waals surface area contributed by atoms with Crippen LogP contribution < -0.4 is 27.0 Å². The zero-order valence-electron chi connectivity index (χ0n) is 34.2. The highest BCUT2D eigenvalue weighted by Gasteiger charge is 2.28. The third-order valence-corrected chi connectivity index (χ3v) is 7.96. The summed E-state index contributed by atoms with van der Waals surface area (Å²) in [6, 6.07) is -2.86. The van der Waals surface area contributed by atoms with Crippen LogP contribution in [0.2, 0.25) is 0 Å². The Balaban J connectivity index is 1.85. The van der Waals surface area contributed by atoms with Crippen molar-refractivity contribution in [1.82, 2.24) is 26.2 Å². The fraction of sp³-hybridized carbons (Fsp3) is 0.757. The number of hydrogen-bond donors (Lipinski definition) is 6. The predicted octanol–water partition coefficient (Wildman–Crippen LogP) is -1.90. The number of ether oxygens (including phenoxy) is 8. The first kappa shape index (κ1) is 52.7. The summed E-state index contributed by atoms with van der Waals surface area (Å²) in [6.45, 7) is 9.68. The van der Waals surface area contributed by atoms with Gasteiger partial charge in [-0.3, -0.25) is 28.9 Å². The Hall–Kier alpha value is -4.29. The highest BCUT2D eigenvalue weighted by molar-refractivity contribution is 6.13. The van der Waals surface area contributed by atoms with E-state index in [2.05, 4.69) is 21.3 Å². The van der Waals surface area contributed by atoms with Crippen molar-refractivity contribution < 1.29 is 76.6 Å². The molecule has 1 rings (SSSR count). The molecule has 1 aliphatic rings. The first-order chi connectivity index (χ1) is 28.4. The molecule has 2 atom stereocenters.